The molecule has 42 heavy (non-hydrogen) atoms. The lowest BCUT2D eigenvalue weighted by atomic mass is 10.2. The molecule has 0 unspecified atom stereocenters. The fourth-order valence-corrected chi connectivity index (χ4v) is 5.34. The second kappa shape index (κ2) is 12.0. The number of nitrogens with zero attached hydrogens (tertiary/aromatic N) is 7. The fourth-order valence-electron chi connectivity index (χ4n) is 4.42. The van der Waals surface area contributed by atoms with Crippen LogP contribution in [0, 0.1) is 6.92 Å². The van der Waals surface area contributed by atoms with Gasteiger partial charge in [0.05, 0.1) is 22.5 Å². The first-order chi connectivity index (χ1) is 20.1. The number of carbonyl (C=O) groups is 1. The highest BCUT2D eigenvalue weighted by molar-refractivity contribution is 8.18. The maximum atomic E-state index is 13.7. The summed E-state index contributed by atoms with van der Waals surface area (Å²) in [7, 11) is 9.73. The van der Waals surface area contributed by atoms with E-state index in [1.54, 1.807) is 15.6 Å². The molecule has 1 aliphatic heterocycles. The molecule has 5 rings (SSSR count). The molecule has 0 spiro atoms. The van der Waals surface area contributed by atoms with E-state index in [2.05, 4.69) is 5.10 Å². The molecule has 0 aliphatic carbocycles. The van der Waals surface area contributed by atoms with Gasteiger partial charge in [-0.2, -0.15) is 10.1 Å². The molecule has 10 heteroatoms. The Labute approximate surface area is 249 Å². The van der Waals surface area contributed by atoms with Crippen molar-refractivity contribution in [3.05, 3.63) is 111 Å². The van der Waals surface area contributed by atoms with E-state index in [1.807, 2.05) is 137 Å². The summed E-state index contributed by atoms with van der Waals surface area (Å²) in [5.74, 6) is -0.312. The molecule has 0 saturated carbocycles. The summed E-state index contributed by atoms with van der Waals surface area (Å²) in [4.78, 5) is 36.5. The number of para-hydroxylation sites is 1. The Morgan fingerprint density at radius 3 is 1.93 bits per heavy atom. The van der Waals surface area contributed by atoms with Gasteiger partial charge in [-0.15, -0.1) is 0 Å². The smallest absolute Gasteiger partial charge is 0.297 e. The maximum absolute atomic E-state index is 13.7. The highest BCUT2D eigenvalue weighted by Crippen LogP contribution is 2.35. The topological polar surface area (TPSA) is 78.4 Å². The van der Waals surface area contributed by atoms with Crippen LogP contribution in [0.25, 0.3) is 11.8 Å². The van der Waals surface area contributed by atoms with E-state index >= 15 is 0 Å². The number of hydrogen-bond donors (Lipinski definition) is 0. The van der Waals surface area contributed by atoms with Gasteiger partial charge in [0.15, 0.2) is 10.9 Å². The van der Waals surface area contributed by atoms with Crippen molar-refractivity contribution >= 4 is 52.2 Å². The lowest BCUT2D eigenvalue weighted by Gasteiger charge is -2.12. The van der Waals surface area contributed by atoms with E-state index in [0.717, 1.165) is 28.2 Å². The zero-order chi connectivity index (χ0) is 30.0. The monoisotopic (exact) mass is 579 g/mol. The molecule has 1 aliphatic rings. The number of anilines is 2. The Balaban J connectivity index is 1.56. The van der Waals surface area contributed by atoms with Crippen LogP contribution in [0.1, 0.15) is 16.8 Å². The van der Waals surface area contributed by atoms with Gasteiger partial charge in [-0.25, -0.2) is 9.67 Å². The third-order valence-corrected chi connectivity index (χ3v) is 7.92. The van der Waals surface area contributed by atoms with Crippen molar-refractivity contribution in [2.45, 2.75) is 6.92 Å². The molecule has 0 N–H and O–H groups in total. The summed E-state index contributed by atoms with van der Waals surface area (Å²) in [6.07, 6.45) is 3.45. The highest BCUT2D eigenvalue weighted by Gasteiger charge is 2.34. The van der Waals surface area contributed by atoms with Crippen LogP contribution in [-0.2, 0) is 11.8 Å². The van der Waals surface area contributed by atoms with E-state index < -0.39 is 0 Å². The third kappa shape index (κ3) is 5.80. The standard InChI is InChI=1S/C32H33N7O2S/c1-22-29(31(41)39(37(22)6)27-10-8-7-9-11-27)34-32-38(33-21-24-14-18-26(19-15-24)36(4)5)30(40)28(42-32)20-23-12-16-25(17-13-23)35(2)3/h7-21H,1-6H3/b28-20-,33-21-,34-32?. The van der Waals surface area contributed by atoms with Crippen LogP contribution in [0.15, 0.2) is 98.7 Å². The van der Waals surface area contributed by atoms with Crippen molar-refractivity contribution in [3.8, 4) is 5.69 Å². The predicted octanol–water partition coefficient (Wildman–Crippen LogP) is 5.25. The van der Waals surface area contributed by atoms with E-state index in [4.69, 9.17) is 4.99 Å². The SMILES string of the molecule is Cc1c(N=C2S/C(=C\c3ccc(N(C)C)cc3)C(=O)N2/N=C\c2ccc(N(C)C)cc2)c(=O)n(-c2ccccc2)n1C. The Hall–Kier alpha value is -4.83. The number of rotatable bonds is 7. The summed E-state index contributed by atoms with van der Waals surface area (Å²) in [6, 6.07) is 25.2. The molecule has 0 radical (unpaired) electrons. The van der Waals surface area contributed by atoms with E-state index in [0.29, 0.717) is 15.8 Å². The van der Waals surface area contributed by atoms with Gasteiger partial charge in [-0.3, -0.25) is 14.3 Å². The van der Waals surface area contributed by atoms with Crippen LogP contribution in [-0.4, -0.2) is 59.9 Å². The Morgan fingerprint density at radius 1 is 0.786 bits per heavy atom. The van der Waals surface area contributed by atoms with Crippen molar-refractivity contribution in [1.29, 1.82) is 0 Å². The molecular weight excluding hydrogens is 546 g/mol. The first-order valence-corrected chi connectivity index (χ1v) is 14.2. The molecule has 2 heterocycles. The number of hydrazone groups is 1. The van der Waals surface area contributed by atoms with Crippen molar-refractivity contribution in [3.63, 3.8) is 0 Å². The van der Waals surface area contributed by atoms with E-state index in [-0.39, 0.29) is 17.2 Å². The summed E-state index contributed by atoms with van der Waals surface area (Å²) in [5.41, 5.74) is 5.20. The Bertz CT molecular complexity index is 1750. The zero-order valence-electron chi connectivity index (χ0n) is 24.5. The first kappa shape index (κ1) is 28.7. The number of aromatic nitrogens is 2. The largest absolute Gasteiger partial charge is 0.378 e. The van der Waals surface area contributed by atoms with Crippen LogP contribution in [0.3, 0.4) is 0 Å². The summed E-state index contributed by atoms with van der Waals surface area (Å²) < 4.78 is 3.33. The Morgan fingerprint density at radius 2 is 1.36 bits per heavy atom. The van der Waals surface area contributed by atoms with Gasteiger partial charge in [-0.1, -0.05) is 42.5 Å². The molecule has 1 amide bonds. The van der Waals surface area contributed by atoms with Gasteiger partial charge in [0, 0.05) is 46.6 Å². The van der Waals surface area contributed by atoms with E-state index in [9.17, 15) is 9.59 Å². The van der Waals surface area contributed by atoms with Crippen LogP contribution in [0.5, 0.6) is 0 Å². The Kier molecular flexibility index (Phi) is 8.17. The van der Waals surface area contributed by atoms with Gasteiger partial charge >= 0.3 is 0 Å². The number of benzene rings is 3. The molecule has 4 aromatic rings. The summed E-state index contributed by atoms with van der Waals surface area (Å²) in [6.45, 7) is 1.84. The summed E-state index contributed by atoms with van der Waals surface area (Å²) >= 11 is 1.20. The van der Waals surface area contributed by atoms with Gasteiger partial charge in [0.25, 0.3) is 11.5 Å². The normalized spacial score (nSPS) is 15.4. The molecule has 214 valence electrons. The molecule has 1 fully saturated rings. The molecule has 0 bridgehead atoms. The molecular formula is C32H33N7O2S. The van der Waals surface area contributed by atoms with Crippen molar-refractivity contribution in [2.75, 3.05) is 38.0 Å². The van der Waals surface area contributed by atoms with Gasteiger partial charge in [0.2, 0.25) is 0 Å². The molecule has 3 aromatic carbocycles. The van der Waals surface area contributed by atoms with Gasteiger partial charge in [0.1, 0.15) is 0 Å². The second-order valence-electron chi connectivity index (χ2n) is 10.2. The number of amidine groups is 1. The van der Waals surface area contributed by atoms with Crippen LogP contribution in [0.2, 0.25) is 0 Å². The van der Waals surface area contributed by atoms with Crippen LogP contribution in [0.4, 0.5) is 17.1 Å². The van der Waals surface area contributed by atoms with Crippen molar-refractivity contribution in [2.24, 2.45) is 17.1 Å². The first-order valence-electron chi connectivity index (χ1n) is 13.4. The number of hydrogen-bond acceptors (Lipinski definition) is 7. The van der Waals surface area contributed by atoms with Gasteiger partial charge in [-0.05, 0) is 72.3 Å². The second-order valence-corrected chi connectivity index (χ2v) is 11.3. The quantitative estimate of drug-likeness (QED) is 0.221. The maximum Gasteiger partial charge on any atom is 0.297 e. The average molecular weight is 580 g/mol. The minimum absolute atomic E-state index is 0.253. The third-order valence-electron chi connectivity index (χ3n) is 6.96. The van der Waals surface area contributed by atoms with Gasteiger partial charge < -0.3 is 9.80 Å². The molecule has 1 saturated heterocycles. The number of aliphatic imine (C=N–C) groups is 1. The lowest BCUT2D eigenvalue weighted by molar-refractivity contribution is -0.122. The molecule has 1 aromatic heterocycles. The fraction of sp³-hybridized carbons (Fsp3) is 0.188. The van der Waals surface area contributed by atoms with Crippen LogP contribution >= 0.6 is 11.8 Å². The molecule has 0 atom stereocenters. The highest BCUT2D eigenvalue weighted by atomic mass is 32.2. The lowest BCUT2D eigenvalue weighted by Crippen LogP contribution is -2.24. The minimum Gasteiger partial charge on any atom is -0.378 e. The number of amides is 1. The predicted molar refractivity (Wildman–Crippen MR) is 174 cm³/mol. The average Bonchev–Trinajstić information content (AvgIpc) is 3.39. The zero-order valence-corrected chi connectivity index (χ0v) is 25.3. The number of carbonyl (C=O) groups excluding carboxylic acids is 1. The molecule has 9 nitrogen and oxygen atoms in total. The van der Waals surface area contributed by atoms with Crippen molar-refractivity contribution in [1.82, 2.24) is 14.4 Å². The van der Waals surface area contributed by atoms with Crippen molar-refractivity contribution < 1.29 is 4.79 Å². The van der Waals surface area contributed by atoms with E-state index in [1.165, 1.54) is 16.8 Å². The minimum atomic E-state index is -0.312. The summed E-state index contributed by atoms with van der Waals surface area (Å²) in [5, 5.41) is 6.11. The number of thioether (sulfide) groups is 1. The van der Waals surface area contributed by atoms with Crippen LogP contribution < -0.4 is 15.4 Å².